The fourth-order valence-electron chi connectivity index (χ4n) is 3.27. The Morgan fingerprint density at radius 1 is 0.943 bits per heavy atom. The van der Waals surface area contributed by atoms with E-state index in [9.17, 15) is 28.0 Å². The lowest BCUT2D eigenvalue weighted by Gasteiger charge is -2.26. The van der Waals surface area contributed by atoms with E-state index >= 15 is 0 Å². The number of imide groups is 2. The Bertz CT molecular complexity index is 1360. The summed E-state index contributed by atoms with van der Waals surface area (Å²) in [4.78, 5) is 50.5. The summed E-state index contributed by atoms with van der Waals surface area (Å²) in [7, 11) is 0. The third-order valence-corrected chi connectivity index (χ3v) is 4.87. The molecular weight excluding hydrogens is 460 g/mol. The fourth-order valence-corrected chi connectivity index (χ4v) is 3.27. The normalized spacial score (nSPS) is 14.6. The van der Waals surface area contributed by atoms with Crippen molar-refractivity contribution in [3.63, 3.8) is 0 Å². The number of hydrogen-bond acceptors (Lipinski definition) is 5. The van der Waals surface area contributed by atoms with Gasteiger partial charge in [0.2, 0.25) is 0 Å². The van der Waals surface area contributed by atoms with E-state index in [1.807, 2.05) is 0 Å². The number of urea groups is 1. The first-order chi connectivity index (χ1) is 16.8. The molecule has 1 aliphatic rings. The van der Waals surface area contributed by atoms with Crippen LogP contribution in [0.15, 0.2) is 78.4 Å². The van der Waals surface area contributed by atoms with Crippen LogP contribution in [-0.4, -0.2) is 30.4 Å². The first-order valence-electron chi connectivity index (χ1n) is 10.3. The third-order valence-electron chi connectivity index (χ3n) is 4.87. The van der Waals surface area contributed by atoms with Crippen molar-refractivity contribution in [1.29, 1.82) is 0 Å². The van der Waals surface area contributed by atoms with Gasteiger partial charge in [-0.05, 0) is 54.6 Å². The number of ether oxygens (including phenoxy) is 1. The smallest absolute Gasteiger partial charge is 0.335 e. The lowest BCUT2D eigenvalue weighted by atomic mass is 10.1. The highest BCUT2D eigenvalue weighted by atomic mass is 19.1. The van der Waals surface area contributed by atoms with Crippen LogP contribution < -0.4 is 20.3 Å². The number of halogens is 2. The molecule has 1 heterocycles. The predicted octanol–water partition coefficient (Wildman–Crippen LogP) is 3.65. The molecule has 0 unspecified atom stereocenters. The zero-order valence-corrected chi connectivity index (χ0v) is 18.0. The van der Waals surface area contributed by atoms with Crippen LogP contribution in [0.2, 0.25) is 0 Å². The molecule has 0 aliphatic carbocycles. The molecule has 3 aromatic carbocycles. The third kappa shape index (κ3) is 5.38. The second-order valence-electron chi connectivity index (χ2n) is 7.32. The number of nitrogens with one attached hydrogen (secondary N) is 2. The molecule has 2 N–H and O–H groups in total. The number of carbonyl (C=O) groups excluding carboxylic acids is 4. The molecule has 1 fully saturated rings. The molecular formula is C25H17F2N3O5. The van der Waals surface area contributed by atoms with Crippen molar-refractivity contribution in [2.24, 2.45) is 0 Å². The molecule has 5 amide bonds. The summed E-state index contributed by atoms with van der Waals surface area (Å²) < 4.78 is 32.2. The summed E-state index contributed by atoms with van der Waals surface area (Å²) in [6.45, 7) is -0.411. The van der Waals surface area contributed by atoms with E-state index < -0.39 is 42.0 Å². The molecule has 8 nitrogen and oxygen atoms in total. The number of barbiturate groups is 1. The van der Waals surface area contributed by atoms with E-state index in [2.05, 4.69) is 10.6 Å². The van der Waals surface area contributed by atoms with Crippen LogP contribution in [0.3, 0.4) is 0 Å². The first-order valence-corrected chi connectivity index (χ1v) is 10.3. The minimum absolute atomic E-state index is 0.0482. The van der Waals surface area contributed by atoms with Gasteiger partial charge < -0.3 is 10.1 Å². The molecule has 0 saturated carbocycles. The topological polar surface area (TPSA) is 105 Å². The molecule has 0 atom stereocenters. The Balaban J connectivity index is 1.54. The maximum atomic E-state index is 13.6. The molecule has 10 heteroatoms. The number of nitrogens with zero attached hydrogens (tertiary/aromatic N) is 1. The van der Waals surface area contributed by atoms with Gasteiger partial charge in [-0.2, -0.15) is 0 Å². The highest BCUT2D eigenvalue weighted by Gasteiger charge is 2.37. The van der Waals surface area contributed by atoms with E-state index in [0.717, 1.165) is 12.1 Å². The summed E-state index contributed by atoms with van der Waals surface area (Å²) in [6, 6.07) is 15.3. The van der Waals surface area contributed by atoms with Crippen LogP contribution in [0.1, 0.15) is 5.56 Å². The van der Waals surface area contributed by atoms with E-state index in [1.54, 1.807) is 18.2 Å². The quantitative estimate of drug-likeness (QED) is 0.417. The monoisotopic (exact) mass is 477 g/mol. The summed E-state index contributed by atoms with van der Waals surface area (Å²) >= 11 is 0. The summed E-state index contributed by atoms with van der Waals surface area (Å²) in [6.07, 6.45) is 1.21. The van der Waals surface area contributed by atoms with Crippen LogP contribution in [0.5, 0.6) is 5.75 Å². The number of para-hydroxylation sites is 1. The average molecular weight is 477 g/mol. The zero-order chi connectivity index (χ0) is 24.9. The number of amides is 5. The van der Waals surface area contributed by atoms with Crippen LogP contribution in [0, 0.1) is 11.6 Å². The Labute approximate surface area is 197 Å². The van der Waals surface area contributed by atoms with Crippen LogP contribution in [-0.2, 0) is 14.4 Å². The number of carbonyl (C=O) groups is 4. The molecule has 0 bridgehead atoms. The summed E-state index contributed by atoms with van der Waals surface area (Å²) in [5, 5.41) is 4.60. The van der Waals surface area contributed by atoms with Crippen molar-refractivity contribution in [2.75, 3.05) is 16.8 Å². The standard InChI is InChI=1S/C25H17F2N3O5/c26-16-8-10-18(11-9-16)28-22(31)14-35-21-7-2-1-4-15(21)12-20-23(32)29-25(34)30(24(20)33)19-6-3-5-17(27)13-19/h1-13H,14H2,(H,28,31)(H,29,32,34)/b20-12+. The Morgan fingerprint density at radius 3 is 2.43 bits per heavy atom. The fraction of sp³-hybridized carbons (Fsp3) is 0.0400. The average Bonchev–Trinajstić information content (AvgIpc) is 2.82. The van der Waals surface area contributed by atoms with Gasteiger partial charge in [0.25, 0.3) is 17.7 Å². The lowest BCUT2D eigenvalue weighted by Crippen LogP contribution is -2.54. The van der Waals surface area contributed by atoms with E-state index in [-0.39, 0.29) is 22.6 Å². The molecule has 35 heavy (non-hydrogen) atoms. The zero-order valence-electron chi connectivity index (χ0n) is 18.0. The minimum atomic E-state index is -1.01. The van der Waals surface area contributed by atoms with Crippen LogP contribution in [0.4, 0.5) is 25.0 Å². The Hall–Kier alpha value is -4.86. The first kappa shape index (κ1) is 23.3. The van der Waals surface area contributed by atoms with Gasteiger partial charge in [-0.25, -0.2) is 18.5 Å². The van der Waals surface area contributed by atoms with E-state index in [4.69, 9.17) is 4.74 Å². The minimum Gasteiger partial charge on any atom is -0.483 e. The van der Waals surface area contributed by atoms with Gasteiger partial charge in [0.05, 0.1) is 5.69 Å². The number of benzene rings is 3. The number of anilines is 2. The molecule has 1 aliphatic heterocycles. The largest absolute Gasteiger partial charge is 0.483 e. The van der Waals surface area contributed by atoms with Gasteiger partial charge in [0.1, 0.15) is 23.0 Å². The molecule has 4 rings (SSSR count). The molecule has 0 radical (unpaired) electrons. The molecule has 0 spiro atoms. The maximum Gasteiger partial charge on any atom is 0.335 e. The van der Waals surface area contributed by atoms with Crippen molar-refractivity contribution in [3.8, 4) is 5.75 Å². The van der Waals surface area contributed by atoms with Crippen LogP contribution >= 0.6 is 0 Å². The predicted molar refractivity (Wildman–Crippen MR) is 122 cm³/mol. The van der Waals surface area contributed by atoms with Gasteiger partial charge in [0, 0.05) is 11.3 Å². The molecule has 3 aromatic rings. The van der Waals surface area contributed by atoms with Crippen molar-refractivity contribution in [1.82, 2.24) is 5.32 Å². The van der Waals surface area contributed by atoms with Gasteiger partial charge >= 0.3 is 6.03 Å². The molecule has 1 saturated heterocycles. The second kappa shape index (κ2) is 9.96. The van der Waals surface area contributed by atoms with Crippen molar-refractivity contribution >= 4 is 41.2 Å². The molecule has 176 valence electrons. The number of hydrogen-bond donors (Lipinski definition) is 2. The number of rotatable bonds is 6. The second-order valence-corrected chi connectivity index (χ2v) is 7.32. The SMILES string of the molecule is O=C(COc1ccccc1/C=C1\C(=O)NC(=O)N(c2cccc(F)c2)C1=O)Nc1ccc(F)cc1. The van der Waals surface area contributed by atoms with Crippen molar-refractivity contribution in [2.45, 2.75) is 0 Å². The summed E-state index contributed by atoms with van der Waals surface area (Å²) in [5.41, 5.74) is 0.227. The highest BCUT2D eigenvalue weighted by Crippen LogP contribution is 2.26. The summed E-state index contributed by atoms with van der Waals surface area (Å²) in [5.74, 6) is -3.33. The Morgan fingerprint density at radius 2 is 1.69 bits per heavy atom. The van der Waals surface area contributed by atoms with E-state index in [1.165, 1.54) is 48.5 Å². The van der Waals surface area contributed by atoms with Gasteiger partial charge in [-0.1, -0.05) is 24.3 Å². The molecule has 0 aromatic heterocycles. The van der Waals surface area contributed by atoms with Gasteiger partial charge in [0.15, 0.2) is 6.61 Å². The lowest BCUT2D eigenvalue weighted by molar-refractivity contribution is -0.122. The van der Waals surface area contributed by atoms with E-state index in [0.29, 0.717) is 10.6 Å². The Kier molecular flexibility index (Phi) is 6.63. The van der Waals surface area contributed by atoms with Gasteiger partial charge in [-0.3, -0.25) is 19.7 Å². The van der Waals surface area contributed by atoms with Crippen LogP contribution in [0.25, 0.3) is 6.08 Å². The van der Waals surface area contributed by atoms with Crippen molar-refractivity contribution < 1.29 is 32.7 Å². The van der Waals surface area contributed by atoms with Crippen molar-refractivity contribution in [3.05, 3.63) is 95.6 Å². The maximum absolute atomic E-state index is 13.6. The highest BCUT2D eigenvalue weighted by molar-refractivity contribution is 6.39. The van der Waals surface area contributed by atoms with Gasteiger partial charge in [-0.15, -0.1) is 0 Å².